The second-order valence-electron chi connectivity index (χ2n) is 6.55. The second kappa shape index (κ2) is 8.75. The summed E-state index contributed by atoms with van der Waals surface area (Å²) in [6, 6.07) is 23.4. The van der Waals surface area contributed by atoms with Gasteiger partial charge in [-0.25, -0.2) is 9.78 Å². The number of amides is 2. The molecule has 0 radical (unpaired) electrons. The first-order valence-corrected chi connectivity index (χ1v) is 10.2. The molecule has 6 heteroatoms. The molecule has 1 heterocycles. The fourth-order valence-corrected chi connectivity index (χ4v) is 3.98. The van der Waals surface area contributed by atoms with Gasteiger partial charge in [0.1, 0.15) is 10.8 Å². The minimum atomic E-state index is -0.222. The van der Waals surface area contributed by atoms with Gasteiger partial charge in [0.05, 0.1) is 17.3 Å². The van der Waals surface area contributed by atoms with Crippen molar-refractivity contribution in [3.8, 4) is 16.3 Å². The molecule has 0 aliphatic rings. The summed E-state index contributed by atoms with van der Waals surface area (Å²) in [4.78, 5) is 16.9. The van der Waals surface area contributed by atoms with Crippen LogP contribution in [0.25, 0.3) is 20.8 Å². The van der Waals surface area contributed by atoms with Crippen molar-refractivity contribution in [2.45, 2.75) is 6.42 Å². The molecule has 4 rings (SSSR count). The Balaban J connectivity index is 1.35. The maximum absolute atomic E-state index is 12.2. The molecule has 0 atom stereocenters. The van der Waals surface area contributed by atoms with Gasteiger partial charge in [0.15, 0.2) is 0 Å². The highest BCUT2D eigenvalue weighted by molar-refractivity contribution is 7.21. The van der Waals surface area contributed by atoms with Crippen molar-refractivity contribution in [1.29, 1.82) is 0 Å². The van der Waals surface area contributed by atoms with Crippen LogP contribution in [-0.4, -0.2) is 24.7 Å². The van der Waals surface area contributed by atoms with Crippen molar-refractivity contribution >= 4 is 33.3 Å². The number of fused-ring (bicyclic) bond motifs is 1. The van der Waals surface area contributed by atoms with Crippen LogP contribution in [0.1, 0.15) is 5.56 Å². The number of urea groups is 1. The number of thiazole rings is 1. The number of carbonyl (C=O) groups excluding carboxylic acids is 1. The summed E-state index contributed by atoms with van der Waals surface area (Å²) in [5.41, 5.74) is 3.86. The fraction of sp³-hybridized carbons (Fsp3) is 0.130. The Morgan fingerprint density at radius 3 is 2.66 bits per heavy atom. The lowest BCUT2D eigenvalue weighted by molar-refractivity contribution is 0.252. The lowest BCUT2D eigenvalue weighted by atomic mass is 10.1. The molecule has 0 saturated heterocycles. The minimum absolute atomic E-state index is 0.222. The Kier molecular flexibility index (Phi) is 5.72. The third-order valence-corrected chi connectivity index (χ3v) is 5.61. The maximum atomic E-state index is 12.2. The Bertz CT molecular complexity index is 1090. The number of nitrogens with one attached hydrogen (secondary N) is 2. The van der Waals surface area contributed by atoms with Gasteiger partial charge in [-0.2, -0.15) is 0 Å². The first-order chi connectivity index (χ1) is 14.2. The van der Waals surface area contributed by atoms with Crippen molar-refractivity contribution in [3.63, 3.8) is 0 Å². The molecule has 29 heavy (non-hydrogen) atoms. The molecule has 5 nitrogen and oxygen atoms in total. The van der Waals surface area contributed by atoms with Gasteiger partial charge < -0.3 is 15.4 Å². The first kappa shape index (κ1) is 19.0. The predicted octanol–water partition coefficient (Wildman–Crippen LogP) is 5.34. The molecule has 0 bridgehead atoms. The Hall–Kier alpha value is -3.38. The number of hydrogen-bond acceptors (Lipinski definition) is 4. The number of anilines is 1. The van der Waals surface area contributed by atoms with E-state index in [4.69, 9.17) is 4.74 Å². The Labute approximate surface area is 173 Å². The summed E-state index contributed by atoms with van der Waals surface area (Å²) in [5, 5.41) is 6.73. The van der Waals surface area contributed by atoms with E-state index in [2.05, 4.69) is 21.7 Å². The van der Waals surface area contributed by atoms with E-state index in [1.807, 2.05) is 66.7 Å². The van der Waals surface area contributed by atoms with Crippen LogP contribution in [0, 0.1) is 0 Å². The molecule has 0 fully saturated rings. The lowest BCUT2D eigenvalue weighted by Gasteiger charge is -2.09. The van der Waals surface area contributed by atoms with E-state index in [9.17, 15) is 4.79 Å². The highest BCUT2D eigenvalue weighted by Gasteiger charge is 2.08. The third-order valence-electron chi connectivity index (χ3n) is 4.52. The van der Waals surface area contributed by atoms with E-state index < -0.39 is 0 Å². The molecule has 2 amide bonds. The van der Waals surface area contributed by atoms with Crippen molar-refractivity contribution in [1.82, 2.24) is 10.3 Å². The molecule has 3 aromatic carbocycles. The summed E-state index contributed by atoms with van der Waals surface area (Å²) < 4.78 is 6.30. The average molecular weight is 404 g/mol. The molecule has 0 spiro atoms. The van der Waals surface area contributed by atoms with Gasteiger partial charge >= 0.3 is 6.03 Å². The quantitative estimate of drug-likeness (QED) is 0.457. The molecular weight excluding hydrogens is 382 g/mol. The third kappa shape index (κ3) is 4.73. The van der Waals surface area contributed by atoms with Gasteiger partial charge in [0.2, 0.25) is 0 Å². The van der Waals surface area contributed by atoms with Crippen LogP contribution in [-0.2, 0) is 6.42 Å². The summed E-state index contributed by atoms with van der Waals surface area (Å²) in [7, 11) is 1.65. The van der Waals surface area contributed by atoms with Crippen molar-refractivity contribution in [2.24, 2.45) is 0 Å². The number of nitrogens with zero attached hydrogens (tertiary/aromatic N) is 1. The van der Waals surface area contributed by atoms with Crippen LogP contribution < -0.4 is 15.4 Å². The number of hydrogen-bond donors (Lipinski definition) is 2. The second-order valence-corrected chi connectivity index (χ2v) is 7.58. The van der Waals surface area contributed by atoms with Crippen molar-refractivity contribution in [3.05, 3.63) is 78.4 Å². The van der Waals surface area contributed by atoms with E-state index >= 15 is 0 Å². The Morgan fingerprint density at radius 2 is 1.86 bits per heavy atom. The predicted molar refractivity (Wildman–Crippen MR) is 119 cm³/mol. The van der Waals surface area contributed by atoms with Gasteiger partial charge in [0, 0.05) is 17.8 Å². The maximum Gasteiger partial charge on any atom is 0.319 e. The van der Waals surface area contributed by atoms with Crippen LogP contribution in [0.4, 0.5) is 10.5 Å². The van der Waals surface area contributed by atoms with E-state index in [-0.39, 0.29) is 6.03 Å². The summed E-state index contributed by atoms with van der Waals surface area (Å²) in [6.45, 7) is 0.551. The smallest absolute Gasteiger partial charge is 0.319 e. The number of rotatable bonds is 6. The highest BCUT2D eigenvalue weighted by Crippen LogP contribution is 2.31. The zero-order valence-corrected chi connectivity index (χ0v) is 16.8. The number of methoxy groups -OCH3 is 1. The zero-order chi connectivity index (χ0) is 20.1. The van der Waals surface area contributed by atoms with E-state index in [1.54, 1.807) is 18.4 Å². The van der Waals surface area contributed by atoms with Crippen LogP contribution in [0.5, 0.6) is 5.75 Å². The molecule has 0 unspecified atom stereocenters. The number of carbonyl (C=O) groups is 1. The largest absolute Gasteiger partial charge is 0.497 e. The highest BCUT2D eigenvalue weighted by atomic mass is 32.1. The van der Waals surface area contributed by atoms with Crippen LogP contribution in [0.3, 0.4) is 0 Å². The van der Waals surface area contributed by atoms with E-state index in [1.165, 1.54) is 0 Å². The minimum Gasteiger partial charge on any atom is -0.497 e. The topological polar surface area (TPSA) is 63.2 Å². The molecule has 146 valence electrons. The Morgan fingerprint density at radius 1 is 1.03 bits per heavy atom. The fourth-order valence-electron chi connectivity index (χ4n) is 3.01. The van der Waals surface area contributed by atoms with Gasteiger partial charge in [-0.1, -0.05) is 36.4 Å². The van der Waals surface area contributed by atoms with Crippen molar-refractivity contribution in [2.75, 3.05) is 19.0 Å². The SMILES string of the molecule is COc1ccc(CCNC(=O)Nc2cccc(-c3nc4ccccc4s3)c2)cc1. The first-order valence-electron chi connectivity index (χ1n) is 9.35. The van der Waals surface area contributed by atoms with Crippen LogP contribution in [0.15, 0.2) is 72.8 Å². The number of para-hydroxylation sites is 1. The van der Waals surface area contributed by atoms with Crippen molar-refractivity contribution < 1.29 is 9.53 Å². The molecular formula is C23H21N3O2S. The van der Waals surface area contributed by atoms with E-state index in [0.29, 0.717) is 6.54 Å². The number of aromatic nitrogens is 1. The molecule has 4 aromatic rings. The normalized spacial score (nSPS) is 10.7. The molecule has 1 aromatic heterocycles. The van der Waals surface area contributed by atoms with Gasteiger partial charge in [-0.15, -0.1) is 11.3 Å². The van der Waals surface area contributed by atoms with Gasteiger partial charge in [-0.05, 0) is 48.4 Å². The molecule has 2 N–H and O–H groups in total. The number of benzene rings is 3. The molecule has 0 aliphatic heterocycles. The standard InChI is InChI=1S/C23H21N3O2S/c1-28-19-11-9-16(10-12-19)13-14-24-23(27)25-18-6-4-5-17(15-18)22-26-20-7-2-3-8-21(20)29-22/h2-12,15H,13-14H2,1H3,(H2,24,25,27). The zero-order valence-electron chi connectivity index (χ0n) is 16.0. The van der Waals surface area contributed by atoms with Crippen LogP contribution >= 0.6 is 11.3 Å². The van der Waals surface area contributed by atoms with E-state index in [0.717, 1.165) is 44.2 Å². The summed E-state index contributed by atoms with van der Waals surface area (Å²) >= 11 is 1.64. The number of ether oxygens (including phenoxy) is 1. The molecule has 0 aliphatic carbocycles. The molecule has 0 saturated carbocycles. The summed E-state index contributed by atoms with van der Waals surface area (Å²) in [6.07, 6.45) is 0.753. The van der Waals surface area contributed by atoms with Crippen LogP contribution in [0.2, 0.25) is 0 Å². The average Bonchev–Trinajstić information content (AvgIpc) is 3.19. The van der Waals surface area contributed by atoms with Gasteiger partial charge in [0.25, 0.3) is 0 Å². The van der Waals surface area contributed by atoms with Gasteiger partial charge in [-0.3, -0.25) is 0 Å². The lowest BCUT2D eigenvalue weighted by Crippen LogP contribution is -2.30. The monoisotopic (exact) mass is 403 g/mol. The summed E-state index contributed by atoms with van der Waals surface area (Å²) in [5.74, 6) is 0.826.